The molecule has 1 aliphatic heterocycles. The Morgan fingerprint density at radius 3 is 2.56 bits per heavy atom. The zero-order chi connectivity index (χ0) is 17.9. The van der Waals surface area contributed by atoms with Crippen LogP contribution in [-0.2, 0) is 16.6 Å². The first-order chi connectivity index (χ1) is 12.0. The number of methoxy groups -OCH3 is 1. The lowest BCUT2D eigenvalue weighted by Crippen LogP contribution is -2.34. The molecule has 2 aromatic rings. The molecule has 0 amide bonds. The van der Waals surface area contributed by atoms with Crippen molar-refractivity contribution in [3.63, 3.8) is 0 Å². The Bertz CT molecular complexity index is 804. The largest absolute Gasteiger partial charge is 0.497 e. The van der Waals surface area contributed by atoms with Gasteiger partial charge in [-0.15, -0.1) is 10.2 Å². The van der Waals surface area contributed by atoms with Gasteiger partial charge in [-0.05, 0) is 37.2 Å². The SMILES string of the molecule is COc1ccc(-c2nnc(CN3CCCN(S(C)(=O)=O)CC3)o2)cc1. The van der Waals surface area contributed by atoms with Crippen LogP contribution in [0.3, 0.4) is 0 Å². The van der Waals surface area contributed by atoms with Gasteiger partial charge in [0.1, 0.15) is 5.75 Å². The monoisotopic (exact) mass is 366 g/mol. The maximum atomic E-state index is 11.7. The van der Waals surface area contributed by atoms with Crippen molar-refractivity contribution in [2.75, 3.05) is 39.5 Å². The van der Waals surface area contributed by atoms with Gasteiger partial charge in [0.15, 0.2) is 0 Å². The van der Waals surface area contributed by atoms with Gasteiger partial charge in [-0.1, -0.05) is 0 Å². The predicted octanol–water partition coefficient (Wildman–Crippen LogP) is 1.21. The molecule has 1 saturated heterocycles. The molecule has 25 heavy (non-hydrogen) atoms. The first-order valence-corrected chi connectivity index (χ1v) is 9.95. The Morgan fingerprint density at radius 2 is 1.88 bits per heavy atom. The highest BCUT2D eigenvalue weighted by atomic mass is 32.2. The first kappa shape index (κ1) is 17.8. The summed E-state index contributed by atoms with van der Waals surface area (Å²) >= 11 is 0. The van der Waals surface area contributed by atoms with Crippen LogP contribution >= 0.6 is 0 Å². The molecule has 1 fully saturated rings. The van der Waals surface area contributed by atoms with E-state index in [0.29, 0.717) is 38.0 Å². The Balaban J connectivity index is 1.63. The van der Waals surface area contributed by atoms with Crippen LogP contribution in [-0.4, -0.2) is 67.4 Å². The molecule has 9 heteroatoms. The first-order valence-electron chi connectivity index (χ1n) is 8.10. The summed E-state index contributed by atoms with van der Waals surface area (Å²) in [4.78, 5) is 2.14. The van der Waals surface area contributed by atoms with Crippen LogP contribution in [0.15, 0.2) is 28.7 Å². The molecule has 136 valence electrons. The molecule has 1 aliphatic rings. The standard InChI is InChI=1S/C16H22N4O4S/c1-23-14-6-4-13(5-7-14)16-18-17-15(24-16)12-19-8-3-9-20(11-10-19)25(2,21)22/h4-7H,3,8-12H2,1-2H3. The third kappa shape index (κ3) is 4.56. The van der Waals surface area contributed by atoms with Crippen molar-refractivity contribution in [3.8, 4) is 17.2 Å². The van der Waals surface area contributed by atoms with E-state index in [1.54, 1.807) is 7.11 Å². The summed E-state index contributed by atoms with van der Waals surface area (Å²) in [6, 6.07) is 7.42. The van der Waals surface area contributed by atoms with Gasteiger partial charge in [-0.2, -0.15) is 0 Å². The topological polar surface area (TPSA) is 88.8 Å². The molecule has 0 unspecified atom stereocenters. The summed E-state index contributed by atoms with van der Waals surface area (Å²) in [6.45, 7) is 2.99. The van der Waals surface area contributed by atoms with E-state index in [0.717, 1.165) is 24.3 Å². The van der Waals surface area contributed by atoms with Gasteiger partial charge in [0.05, 0.1) is 19.9 Å². The molecule has 8 nitrogen and oxygen atoms in total. The Labute approximate surface area is 147 Å². The quantitative estimate of drug-likeness (QED) is 0.786. The van der Waals surface area contributed by atoms with Crippen LogP contribution in [0.25, 0.3) is 11.5 Å². The number of sulfonamides is 1. The number of hydrogen-bond acceptors (Lipinski definition) is 7. The summed E-state index contributed by atoms with van der Waals surface area (Å²) < 4.78 is 35.7. The molecule has 1 aromatic heterocycles. The fraction of sp³-hybridized carbons (Fsp3) is 0.500. The smallest absolute Gasteiger partial charge is 0.247 e. The van der Waals surface area contributed by atoms with Crippen molar-refractivity contribution >= 4 is 10.0 Å². The van der Waals surface area contributed by atoms with Crippen LogP contribution in [0.4, 0.5) is 0 Å². The molecular formula is C16H22N4O4S. The molecule has 0 N–H and O–H groups in total. The zero-order valence-corrected chi connectivity index (χ0v) is 15.2. The van der Waals surface area contributed by atoms with E-state index in [2.05, 4.69) is 15.1 Å². The van der Waals surface area contributed by atoms with Crippen molar-refractivity contribution in [2.24, 2.45) is 0 Å². The van der Waals surface area contributed by atoms with Crippen molar-refractivity contribution in [1.82, 2.24) is 19.4 Å². The lowest BCUT2D eigenvalue weighted by Gasteiger charge is -2.18. The molecular weight excluding hydrogens is 344 g/mol. The van der Waals surface area contributed by atoms with E-state index in [4.69, 9.17) is 9.15 Å². The van der Waals surface area contributed by atoms with Crippen molar-refractivity contribution in [1.29, 1.82) is 0 Å². The van der Waals surface area contributed by atoms with Gasteiger partial charge in [0.25, 0.3) is 0 Å². The van der Waals surface area contributed by atoms with Crippen LogP contribution in [0.1, 0.15) is 12.3 Å². The number of aromatic nitrogens is 2. The van der Waals surface area contributed by atoms with E-state index >= 15 is 0 Å². The van der Waals surface area contributed by atoms with Crippen LogP contribution in [0.2, 0.25) is 0 Å². The summed E-state index contributed by atoms with van der Waals surface area (Å²) in [5.41, 5.74) is 0.832. The predicted molar refractivity (Wildman–Crippen MR) is 92.6 cm³/mol. The Morgan fingerprint density at radius 1 is 1.12 bits per heavy atom. The third-order valence-electron chi connectivity index (χ3n) is 4.18. The summed E-state index contributed by atoms with van der Waals surface area (Å²) in [5.74, 6) is 1.76. The van der Waals surface area contributed by atoms with E-state index < -0.39 is 10.0 Å². The fourth-order valence-corrected chi connectivity index (χ4v) is 3.67. The van der Waals surface area contributed by atoms with Gasteiger partial charge in [0.2, 0.25) is 21.8 Å². The summed E-state index contributed by atoms with van der Waals surface area (Å²) in [6.07, 6.45) is 2.04. The number of ether oxygens (including phenoxy) is 1. The van der Waals surface area contributed by atoms with Crippen molar-refractivity contribution in [2.45, 2.75) is 13.0 Å². The lowest BCUT2D eigenvalue weighted by molar-refractivity contribution is 0.251. The van der Waals surface area contributed by atoms with Gasteiger partial charge in [-0.3, -0.25) is 4.90 Å². The second-order valence-corrected chi connectivity index (χ2v) is 8.00. The minimum atomic E-state index is -3.14. The zero-order valence-electron chi connectivity index (χ0n) is 14.4. The summed E-state index contributed by atoms with van der Waals surface area (Å²) in [5, 5.41) is 8.20. The number of benzene rings is 1. The van der Waals surface area contributed by atoms with Gasteiger partial charge < -0.3 is 9.15 Å². The average Bonchev–Trinajstić information content (AvgIpc) is 2.91. The van der Waals surface area contributed by atoms with Crippen LogP contribution < -0.4 is 4.74 Å². The molecule has 0 saturated carbocycles. The minimum absolute atomic E-state index is 0.463. The van der Waals surface area contributed by atoms with Crippen LogP contribution in [0.5, 0.6) is 5.75 Å². The van der Waals surface area contributed by atoms with Gasteiger partial charge in [-0.25, -0.2) is 12.7 Å². The Hall–Kier alpha value is -1.97. The third-order valence-corrected chi connectivity index (χ3v) is 5.48. The second-order valence-electron chi connectivity index (χ2n) is 6.02. The van der Waals surface area contributed by atoms with E-state index in [1.165, 1.54) is 10.6 Å². The van der Waals surface area contributed by atoms with Crippen LogP contribution in [0, 0.1) is 0 Å². The van der Waals surface area contributed by atoms with E-state index in [1.807, 2.05) is 24.3 Å². The molecule has 0 radical (unpaired) electrons. The lowest BCUT2D eigenvalue weighted by atomic mass is 10.2. The maximum absolute atomic E-state index is 11.7. The Kier molecular flexibility index (Phi) is 5.36. The maximum Gasteiger partial charge on any atom is 0.247 e. The highest BCUT2D eigenvalue weighted by molar-refractivity contribution is 7.88. The fourth-order valence-electron chi connectivity index (χ4n) is 2.80. The molecule has 3 rings (SSSR count). The summed E-state index contributed by atoms with van der Waals surface area (Å²) in [7, 11) is -1.52. The second kappa shape index (κ2) is 7.51. The van der Waals surface area contributed by atoms with Crippen molar-refractivity contribution in [3.05, 3.63) is 30.2 Å². The highest BCUT2D eigenvalue weighted by Crippen LogP contribution is 2.21. The highest BCUT2D eigenvalue weighted by Gasteiger charge is 2.22. The van der Waals surface area contributed by atoms with Gasteiger partial charge in [0, 0.05) is 25.2 Å². The van der Waals surface area contributed by atoms with E-state index in [9.17, 15) is 8.42 Å². The molecule has 0 aliphatic carbocycles. The molecule has 1 aromatic carbocycles. The molecule has 0 atom stereocenters. The normalized spacial score (nSPS) is 17.4. The minimum Gasteiger partial charge on any atom is -0.497 e. The number of hydrogen-bond donors (Lipinski definition) is 0. The molecule has 0 bridgehead atoms. The van der Waals surface area contributed by atoms with E-state index in [-0.39, 0.29) is 0 Å². The molecule has 2 heterocycles. The average molecular weight is 366 g/mol. The van der Waals surface area contributed by atoms with Crippen molar-refractivity contribution < 1.29 is 17.6 Å². The molecule has 0 spiro atoms. The number of rotatable bonds is 5. The number of nitrogens with zero attached hydrogens (tertiary/aromatic N) is 4. The van der Waals surface area contributed by atoms with Gasteiger partial charge >= 0.3 is 0 Å².